The van der Waals surface area contributed by atoms with E-state index in [0.717, 1.165) is 31.4 Å². The molecule has 2 heteroatoms. The molecule has 1 atom stereocenters. The second-order valence-corrected chi connectivity index (χ2v) is 5.79. The Morgan fingerprint density at radius 3 is 2.63 bits per heavy atom. The van der Waals surface area contributed by atoms with Crippen LogP contribution in [0.2, 0.25) is 0 Å². The molecular weight excluding hydrogens is 236 g/mol. The van der Waals surface area contributed by atoms with Gasteiger partial charge in [-0.3, -0.25) is 4.79 Å². The van der Waals surface area contributed by atoms with E-state index in [1.165, 1.54) is 5.56 Å². The Labute approximate surface area is 116 Å². The lowest BCUT2D eigenvalue weighted by Crippen LogP contribution is -2.10. The summed E-state index contributed by atoms with van der Waals surface area (Å²) >= 11 is 0. The zero-order valence-electron chi connectivity index (χ0n) is 12.0. The fourth-order valence-electron chi connectivity index (χ4n) is 2.53. The lowest BCUT2D eigenvalue weighted by atomic mass is 9.98. The highest BCUT2D eigenvalue weighted by atomic mass is 16.5. The average Bonchev–Trinajstić information content (AvgIpc) is 2.90. The Morgan fingerprint density at radius 2 is 2.05 bits per heavy atom. The van der Waals surface area contributed by atoms with Crippen molar-refractivity contribution in [3.63, 3.8) is 0 Å². The average molecular weight is 260 g/mol. The molecule has 1 aromatic rings. The molecule has 1 aromatic carbocycles. The van der Waals surface area contributed by atoms with Crippen molar-refractivity contribution in [1.29, 1.82) is 0 Å². The largest absolute Gasteiger partial charge is 0.378 e. The molecular formula is C17H24O2. The van der Waals surface area contributed by atoms with Crippen molar-refractivity contribution >= 4 is 5.78 Å². The van der Waals surface area contributed by atoms with Crippen LogP contribution in [0.1, 0.15) is 56.6 Å². The molecule has 0 N–H and O–H groups in total. The normalized spacial score (nSPS) is 19.0. The van der Waals surface area contributed by atoms with Crippen LogP contribution in [-0.4, -0.2) is 18.5 Å². The van der Waals surface area contributed by atoms with Gasteiger partial charge in [0.25, 0.3) is 0 Å². The van der Waals surface area contributed by atoms with Gasteiger partial charge in [-0.15, -0.1) is 0 Å². The maximum absolute atomic E-state index is 11.9. The van der Waals surface area contributed by atoms with E-state index >= 15 is 0 Å². The minimum absolute atomic E-state index is 0.326. The van der Waals surface area contributed by atoms with E-state index < -0.39 is 0 Å². The van der Waals surface area contributed by atoms with Crippen LogP contribution in [0.4, 0.5) is 0 Å². The molecule has 1 heterocycles. The quantitative estimate of drug-likeness (QED) is 0.776. The summed E-state index contributed by atoms with van der Waals surface area (Å²) in [4.78, 5) is 11.9. The Morgan fingerprint density at radius 1 is 1.32 bits per heavy atom. The molecule has 0 bridgehead atoms. The van der Waals surface area contributed by atoms with Gasteiger partial charge in [-0.2, -0.15) is 0 Å². The van der Waals surface area contributed by atoms with E-state index in [2.05, 4.69) is 38.1 Å². The van der Waals surface area contributed by atoms with Crippen LogP contribution in [0.25, 0.3) is 0 Å². The summed E-state index contributed by atoms with van der Waals surface area (Å²) in [7, 11) is 0. The number of benzene rings is 1. The lowest BCUT2D eigenvalue weighted by Gasteiger charge is -2.09. The number of Topliss-reactive ketones (excluding diaryl/α,β-unsaturated/α-hetero) is 1. The lowest BCUT2D eigenvalue weighted by molar-refractivity contribution is -0.119. The van der Waals surface area contributed by atoms with Crippen LogP contribution >= 0.6 is 0 Å². The SMILES string of the molecule is CC(C)c1ccc(CC(=O)CCC2CCCO2)cc1. The summed E-state index contributed by atoms with van der Waals surface area (Å²) in [6.07, 6.45) is 4.70. The van der Waals surface area contributed by atoms with Gasteiger partial charge < -0.3 is 4.74 Å². The molecule has 19 heavy (non-hydrogen) atoms. The monoisotopic (exact) mass is 260 g/mol. The van der Waals surface area contributed by atoms with Crippen molar-refractivity contribution in [2.75, 3.05) is 6.61 Å². The summed E-state index contributed by atoms with van der Waals surface area (Å²) in [5.41, 5.74) is 2.46. The highest BCUT2D eigenvalue weighted by Crippen LogP contribution is 2.18. The summed E-state index contributed by atoms with van der Waals surface area (Å²) in [6, 6.07) is 8.43. The minimum Gasteiger partial charge on any atom is -0.378 e. The molecule has 1 saturated heterocycles. The highest BCUT2D eigenvalue weighted by molar-refractivity contribution is 5.80. The molecule has 0 aliphatic carbocycles. The van der Waals surface area contributed by atoms with Gasteiger partial charge in [0.15, 0.2) is 0 Å². The highest BCUT2D eigenvalue weighted by Gasteiger charge is 2.16. The smallest absolute Gasteiger partial charge is 0.137 e. The molecule has 1 aliphatic heterocycles. The Bertz CT molecular complexity index is 400. The van der Waals surface area contributed by atoms with Gasteiger partial charge in [0, 0.05) is 19.4 Å². The van der Waals surface area contributed by atoms with Crippen LogP contribution in [-0.2, 0) is 16.0 Å². The van der Waals surface area contributed by atoms with Crippen LogP contribution in [0.3, 0.4) is 0 Å². The summed E-state index contributed by atoms with van der Waals surface area (Å²) < 4.78 is 5.54. The van der Waals surface area contributed by atoms with Crippen LogP contribution in [0.5, 0.6) is 0 Å². The van der Waals surface area contributed by atoms with E-state index in [0.29, 0.717) is 30.6 Å². The topological polar surface area (TPSA) is 26.3 Å². The van der Waals surface area contributed by atoms with Crippen molar-refractivity contribution in [1.82, 2.24) is 0 Å². The number of hydrogen-bond acceptors (Lipinski definition) is 2. The van der Waals surface area contributed by atoms with Gasteiger partial charge in [0.2, 0.25) is 0 Å². The van der Waals surface area contributed by atoms with Gasteiger partial charge in [-0.1, -0.05) is 38.1 Å². The predicted octanol–water partition coefficient (Wildman–Crippen LogP) is 3.88. The summed E-state index contributed by atoms with van der Waals surface area (Å²) in [5, 5.41) is 0. The number of rotatable bonds is 6. The first-order valence-electron chi connectivity index (χ1n) is 7.37. The van der Waals surface area contributed by atoms with Crippen molar-refractivity contribution in [2.24, 2.45) is 0 Å². The van der Waals surface area contributed by atoms with E-state index in [-0.39, 0.29) is 0 Å². The maximum atomic E-state index is 11.9. The maximum Gasteiger partial charge on any atom is 0.137 e. The van der Waals surface area contributed by atoms with Crippen molar-refractivity contribution in [3.05, 3.63) is 35.4 Å². The van der Waals surface area contributed by atoms with E-state index in [4.69, 9.17) is 4.74 Å². The zero-order chi connectivity index (χ0) is 13.7. The molecule has 0 radical (unpaired) electrons. The van der Waals surface area contributed by atoms with Gasteiger partial charge in [-0.05, 0) is 36.3 Å². The van der Waals surface area contributed by atoms with Crippen molar-refractivity contribution in [3.8, 4) is 0 Å². The third kappa shape index (κ3) is 4.46. The van der Waals surface area contributed by atoms with E-state index in [9.17, 15) is 4.79 Å². The molecule has 0 amide bonds. The minimum atomic E-state index is 0.326. The first-order chi connectivity index (χ1) is 9.15. The predicted molar refractivity (Wildman–Crippen MR) is 77.5 cm³/mol. The summed E-state index contributed by atoms with van der Waals surface area (Å²) in [5.74, 6) is 0.872. The third-order valence-corrected chi connectivity index (χ3v) is 3.82. The molecule has 1 aliphatic rings. The van der Waals surface area contributed by atoms with E-state index in [1.54, 1.807) is 0 Å². The van der Waals surface area contributed by atoms with Gasteiger partial charge in [0.05, 0.1) is 6.10 Å². The molecule has 0 saturated carbocycles. The molecule has 1 unspecified atom stereocenters. The molecule has 2 rings (SSSR count). The Balaban J connectivity index is 1.77. The first kappa shape index (κ1) is 14.3. The third-order valence-electron chi connectivity index (χ3n) is 3.82. The number of carbonyl (C=O) groups is 1. The standard InChI is InChI=1S/C17H24O2/c1-13(2)15-7-5-14(6-8-15)12-16(18)9-10-17-4-3-11-19-17/h5-8,13,17H,3-4,9-12H2,1-2H3. The summed E-state index contributed by atoms with van der Waals surface area (Å²) in [6.45, 7) is 5.24. The van der Waals surface area contributed by atoms with Gasteiger partial charge >= 0.3 is 0 Å². The Hall–Kier alpha value is -1.15. The van der Waals surface area contributed by atoms with Crippen LogP contribution in [0, 0.1) is 0 Å². The molecule has 104 valence electrons. The zero-order valence-corrected chi connectivity index (χ0v) is 12.0. The van der Waals surface area contributed by atoms with Gasteiger partial charge in [0.1, 0.15) is 5.78 Å². The van der Waals surface area contributed by atoms with Crippen molar-refractivity contribution in [2.45, 2.75) is 58.0 Å². The van der Waals surface area contributed by atoms with E-state index in [1.807, 2.05) is 0 Å². The van der Waals surface area contributed by atoms with Crippen molar-refractivity contribution < 1.29 is 9.53 Å². The second-order valence-electron chi connectivity index (χ2n) is 5.79. The number of ketones is 1. The molecule has 1 fully saturated rings. The fourth-order valence-corrected chi connectivity index (χ4v) is 2.53. The number of carbonyl (C=O) groups excluding carboxylic acids is 1. The molecule has 0 spiro atoms. The molecule has 0 aromatic heterocycles. The fraction of sp³-hybridized carbons (Fsp3) is 0.588. The Kier molecular flexibility index (Phi) is 5.15. The van der Waals surface area contributed by atoms with Crippen LogP contribution < -0.4 is 0 Å². The first-order valence-corrected chi connectivity index (χ1v) is 7.37. The van der Waals surface area contributed by atoms with Crippen LogP contribution in [0.15, 0.2) is 24.3 Å². The number of hydrogen-bond donors (Lipinski definition) is 0. The van der Waals surface area contributed by atoms with Gasteiger partial charge in [-0.25, -0.2) is 0 Å². The second kappa shape index (κ2) is 6.85. The number of ether oxygens (including phenoxy) is 1. The molecule has 2 nitrogen and oxygen atoms in total.